The van der Waals surface area contributed by atoms with E-state index in [0.29, 0.717) is 10.9 Å². The maximum absolute atomic E-state index is 10.9. The van der Waals surface area contributed by atoms with Crippen LogP contribution in [-0.4, -0.2) is 11.3 Å². The largest absolute Gasteiger partial charge is 0.313 e. The van der Waals surface area contributed by atoms with Crippen LogP contribution in [0.2, 0.25) is 0 Å². The van der Waals surface area contributed by atoms with Crippen LogP contribution >= 0.6 is 0 Å². The second-order valence-corrected chi connectivity index (χ2v) is 3.94. The molecule has 3 N–H and O–H groups in total. The fraction of sp³-hybridized carbons (Fsp3) is 0.333. The molecule has 2 atom stereocenters. The Morgan fingerprint density at radius 1 is 1.38 bits per heavy atom. The molecule has 13 heavy (non-hydrogen) atoms. The van der Waals surface area contributed by atoms with Gasteiger partial charge in [0.1, 0.15) is 11.0 Å². The number of hydrogen-bond acceptors (Lipinski definition) is 2. The van der Waals surface area contributed by atoms with Gasteiger partial charge in [0.2, 0.25) is 0 Å². The van der Waals surface area contributed by atoms with Gasteiger partial charge in [-0.25, -0.2) is 9.35 Å². The molecule has 1 rings (SSSR count). The lowest BCUT2D eigenvalue weighted by atomic mass is 10.1. The molecule has 72 valence electrons. The highest BCUT2D eigenvalue weighted by atomic mass is 32.2. The molecule has 2 unspecified atom stereocenters. The van der Waals surface area contributed by atoms with Crippen molar-refractivity contribution in [1.82, 2.24) is 5.32 Å². The predicted octanol–water partition coefficient (Wildman–Crippen LogP) is 0.948. The summed E-state index contributed by atoms with van der Waals surface area (Å²) in [6.45, 7) is 2.06. The first kappa shape index (κ1) is 10.4. The summed E-state index contributed by atoms with van der Waals surface area (Å²) < 4.78 is 10.9. The van der Waals surface area contributed by atoms with Crippen molar-refractivity contribution >= 4 is 11.0 Å². The molecule has 0 aliphatic carbocycles. The van der Waals surface area contributed by atoms with E-state index in [1.165, 1.54) is 0 Å². The Balaban J connectivity index is 2.87. The smallest absolute Gasteiger partial charge is 0.122 e. The minimum Gasteiger partial charge on any atom is -0.313 e. The van der Waals surface area contributed by atoms with E-state index in [9.17, 15) is 4.21 Å². The number of rotatable bonds is 3. The summed E-state index contributed by atoms with van der Waals surface area (Å²) in [6.07, 6.45) is 0. The summed E-state index contributed by atoms with van der Waals surface area (Å²) in [5.41, 5.74) is 1.16. The molecule has 4 heteroatoms. The van der Waals surface area contributed by atoms with Gasteiger partial charge in [-0.1, -0.05) is 12.1 Å². The van der Waals surface area contributed by atoms with Crippen molar-refractivity contribution in [3.05, 3.63) is 29.8 Å². The molecule has 0 heterocycles. The Kier molecular flexibility index (Phi) is 3.59. The molecule has 0 aliphatic heterocycles. The Morgan fingerprint density at radius 3 is 2.31 bits per heavy atom. The molecular formula is C9H14N2OS. The Bertz CT molecular complexity index is 297. The highest BCUT2D eigenvalue weighted by Gasteiger charge is 2.02. The summed E-state index contributed by atoms with van der Waals surface area (Å²) in [7, 11) is 0.530. The summed E-state index contributed by atoms with van der Waals surface area (Å²) in [5, 5.41) is 8.35. The molecule has 0 aromatic heterocycles. The normalized spacial score (nSPS) is 15.3. The minimum absolute atomic E-state index is 0.306. The molecule has 0 fully saturated rings. The van der Waals surface area contributed by atoms with Crippen molar-refractivity contribution in [3.8, 4) is 0 Å². The highest BCUT2D eigenvalue weighted by Crippen LogP contribution is 2.13. The van der Waals surface area contributed by atoms with Crippen LogP contribution in [0.25, 0.3) is 0 Å². The zero-order valence-corrected chi connectivity index (χ0v) is 8.60. The van der Waals surface area contributed by atoms with Crippen molar-refractivity contribution in [2.75, 3.05) is 7.05 Å². The molecule has 0 saturated carbocycles. The van der Waals surface area contributed by atoms with Crippen LogP contribution in [0.15, 0.2) is 29.2 Å². The monoisotopic (exact) mass is 198 g/mol. The van der Waals surface area contributed by atoms with Crippen molar-refractivity contribution < 1.29 is 4.21 Å². The van der Waals surface area contributed by atoms with E-state index in [2.05, 4.69) is 12.2 Å². The lowest BCUT2D eigenvalue weighted by molar-refractivity contribution is 0.651. The van der Waals surface area contributed by atoms with Crippen LogP contribution in [0.1, 0.15) is 18.5 Å². The standard InChI is InChI=1S/C9H14N2OS/c1-7(11-2)8-3-5-9(6-4-8)13(10)12/h3-7,11H,10H2,1-2H3. The molecule has 0 aliphatic rings. The van der Waals surface area contributed by atoms with Gasteiger partial charge in [-0.2, -0.15) is 0 Å². The Hall–Kier alpha value is -0.710. The maximum atomic E-state index is 10.9. The predicted molar refractivity (Wildman–Crippen MR) is 54.5 cm³/mol. The average molecular weight is 198 g/mol. The zero-order chi connectivity index (χ0) is 9.84. The van der Waals surface area contributed by atoms with Crippen LogP contribution < -0.4 is 10.5 Å². The average Bonchev–Trinajstić information content (AvgIpc) is 2.17. The third-order valence-electron chi connectivity index (χ3n) is 2.05. The third-order valence-corrected chi connectivity index (χ3v) is 2.78. The molecule has 0 amide bonds. The number of nitrogens with two attached hydrogens (primary N) is 1. The summed E-state index contributed by atoms with van der Waals surface area (Å²) in [4.78, 5) is 0.659. The van der Waals surface area contributed by atoms with Crippen molar-refractivity contribution in [2.45, 2.75) is 17.9 Å². The molecule has 0 bridgehead atoms. The minimum atomic E-state index is -1.37. The van der Waals surface area contributed by atoms with Crippen molar-refractivity contribution in [2.24, 2.45) is 5.14 Å². The number of hydrogen-bond donors (Lipinski definition) is 2. The van der Waals surface area contributed by atoms with Crippen LogP contribution in [0, 0.1) is 0 Å². The first-order valence-electron chi connectivity index (χ1n) is 4.08. The fourth-order valence-electron chi connectivity index (χ4n) is 1.06. The van der Waals surface area contributed by atoms with Crippen molar-refractivity contribution in [1.29, 1.82) is 0 Å². The van der Waals surface area contributed by atoms with E-state index in [1.54, 1.807) is 12.1 Å². The van der Waals surface area contributed by atoms with Gasteiger partial charge in [0.15, 0.2) is 0 Å². The molecule has 1 aromatic rings. The second-order valence-electron chi connectivity index (χ2n) is 2.88. The second kappa shape index (κ2) is 4.50. The Labute approximate surface area is 80.9 Å². The third kappa shape index (κ3) is 2.62. The molecule has 0 radical (unpaired) electrons. The van der Waals surface area contributed by atoms with Gasteiger partial charge in [-0.15, -0.1) is 0 Å². The molecule has 0 spiro atoms. The quantitative estimate of drug-likeness (QED) is 0.759. The van der Waals surface area contributed by atoms with Gasteiger partial charge in [-0.3, -0.25) is 0 Å². The van der Waals surface area contributed by atoms with E-state index < -0.39 is 11.0 Å². The van der Waals surface area contributed by atoms with Gasteiger partial charge in [0.05, 0.1) is 4.90 Å². The number of nitrogens with one attached hydrogen (secondary N) is 1. The first-order valence-corrected chi connectivity index (χ1v) is 5.30. The summed E-state index contributed by atoms with van der Waals surface area (Å²) in [6, 6.07) is 7.75. The molecule has 1 aromatic carbocycles. The van der Waals surface area contributed by atoms with E-state index in [4.69, 9.17) is 5.14 Å². The Morgan fingerprint density at radius 2 is 1.92 bits per heavy atom. The van der Waals surface area contributed by atoms with E-state index in [1.807, 2.05) is 19.2 Å². The topological polar surface area (TPSA) is 55.1 Å². The molecule has 0 saturated heterocycles. The van der Waals surface area contributed by atoms with Gasteiger partial charge in [0.25, 0.3) is 0 Å². The van der Waals surface area contributed by atoms with Gasteiger partial charge in [-0.05, 0) is 31.7 Å². The molecule has 3 nitrogen and oxygen atoms in total. The van der Waals surface area contributed by atoms with Crippen molar-refractivity contribution in [3.63, 3.8) is 0 Å². The van der Waals surface area contributed by atoms with Gasteiger partial charge >= 0.3 is 0 Å². The van der Waals surface area contributed by atoms with Gasteiger partial charge < -0.3 is 5.32 Å². The molecular weight excluding hydrogens is 184 g/mol. The fourth-order valence-corrected chi connectivity index (χ4v) is 1.46. The first-order chi connectivity index (χ1) is 6.15. The summed E-state index contributed by atoms with van der Waals surface area (Å²) >= 11 is 0. The van der Waals surface area contributed by atoms with Crippen LogP contribution in [0.3, 0.4) is 0 Å². The number of benzene rings is 1. The van der Waals surface area contributed by atoms with E-state index >= 15 is 0 Å². The SMILES string of the molecule is CNC(C)c1ccc(S(N)=O)cc1. The zero-order valence-electron chi connectivity index (χ0n) is 7.78. The summed E-state index contributed by atoms with van der Waals surface area (Å²) in [5.74, 6) is 0. The van der Waals surface area contributed by atoms with Crippen LogP contribution in [0.4, 0.5) is 0 Å². The lowest BCUT2D eigenvalue weighted by Crippen LogP contribution is -2.12. The van der Waals surface area contributed by atoms with Crippen LogP contribution in [-0.2, 0) is 11.0 Å². The van der Waals surface area contributed by atoms with E-state index in [0.717, 1.165) is 5.56 Å². The highest BCUT2D eigenvalue weighted by molar-refractivity contribution is 7.82. The lowest BCUT2D eigenvalue weighted by Gasteiger charge is -2.10. The maximum Gasteiger partial charge on any atom is 0.122 e. The van der Waals surface area contributed by atoms with Crippen LogP contribution in [0.5, 0.6) is 0 Å². The van der Waals surface area contributed by atoms with Gasteiger partial charge in [0, 0.05) is 6.04 Å². The van der Waals surface area contributed by atoms with E-state index in [-0.39, 0.29) is 0 Å².